The van der Waals surface area contributed by atoms with E-state index in [4.69, 9.17) is 5.73 Å². The quantitative estimate of drug-likeness (QED) is 0.710. The zero-order valence-corrected chi connectivity index (χ0v) is 12.4. The van der Waals surface area contributed by atoms with Crippen molar-refractivity contribution in [3.8, 4) is 0 Å². The Morgan fingerprint density at radius 1 is 1.50 bits per heavy atom. The summed E-state index contributed by atoms with van der Waals surface area (Å²) in [5, 5.41) is 0. The average Bonchev–Trinajstić information content (AvgIpc) is 2.36. The van der Waals surface area contributed by atoms with Crippen LogP contribution in [0.15, 0.2) is 23.1 Å². The van der Waals surface area contributed by atoms with E-state index in [1.165, 1.54) is 20.1 Å². The smallest absolute Gasteiger partial charge is 0.322 e. The number of sulfone groups is 1. The Morgan fingerprint density at radius 3 is 2.60 bits per heavy atom. The van der Waals surface area contributed by atoms with Gasteiger partial charge in [0.05, 0.1) is 12.0 Å². The number of Topliss-reactive ketones (excluding diaryl/α,β-unsaturated/α-hetero) is 1. The van der Waals surface area contributed by atoms with E-state index >= 15 is 0 Å². The second-order valence-electron chi connectivity index (χ2n) is 4.79. The fraction of sp³-hybridized carbons (Fsp3) is 0.538. The molecule has 0 saturated carbocycles. The van der Waals surface area contributed by atoms with Crippen LogP contribution in [0.25, 0.3) is 0 Å². The lowest BCUT2D eigenvalue weighted by atomic mass is 9.93. The number of ether oxygens (including phenoxy) is 1. The summed E-state index contributed by atoms with van der Waals surface area (Å²) in [6.07, 6.45) is 5.59. The van der Waals surface area contributed by atoms with Crippen LogP contribution in [0.1, 0.15) is 19.8 Å². The predicted molar refractivity (Wildman–Crippen MR) is 74.4 cm³/mol. The van der Waals surface area contributed by atoms with Crippen LogP contribution in [0.4, 0.5) is 0 Å². The van der Waals surface area contributed by atoms with Crippen LogP contribution in [0, 0.1) is 5.92 Å². The molecule has 0 radical (unpaired) electrons. The monoisotopic (exact) mass is 301 g/mol. The SMILES string of the molecule is COC(=O)[C@@H](N)CC1C=CC(S(=O)(=O)CC(C)=O)=CC1. The molecule has 0 aromatic rings. The highest BCUT2D eigenvalue weighted by Gasteiger charge is 2.23. The first-order chi connectivity index (χ1) is 9.26. The molecule has 7 heteroatoms. The van der Waals surface area contributed by atoms with Gasteiger partial charge in [-0.3, -0.25) is 9.59 Å². The summed E-state index contributed by atoms with van der Waals surface area (Å²) in [4.78, 5) is 22.3. The molecular weight excluding hydrogens is 282 g/mol. The molecule has 0 heterocycles. The van der Waals surface area contributed by atoms with Crippen LogP contribution in [0.2, 0.25) is 0 Å². The third kappa shape index (κ3) is 4.57. The molecular formula is C13H19NO5S. The van der Waals surface area contributed by atoms with Gasteiger partial charge in [0.2, 0.25) is 0 Å². The Balaban J connectivity index is 2.65. The number of allylic oxidation sites excluding steroid dienone is 3. The largest absolute Gasteiger partial charge is 0.468 e. The molecule has 112 valence electrons. The number of carbonyl (C=O) groups excluding carboxylic acids is 2. The zero-order chi connectivity index (χ0) is 15.3. The van der Waals surface area contributed by atoms with Crippen molar-refractivity contribution in [1.29, 1.82) is 0 Å². The molecule has 1 aliphatic rings. The van der Waals surface area contributed by atoms with E-state index in [0.29, 0.717) is 12.8 Å². The van der Waals surface area contributed by atoms with E-state index in [9.17, 15) is 18.0 Å². The molecule has 6 nitrogen and oxygen atoms in total. The molecule has 0 fully saturated rings. The topological polar surface area (TPSA) is 104 Å². The van der Waals surface area contributed by atoms with Crippen molar-refractivity contribution in [3.63, 3.8) is 0 Å². The molecule has 0 aromatic carbocycles. The van der Waals surface area contributed by atoms with Crippen LogP contribution >= 0.6 is 0 Å². The maximum Gasteiger partial charge on any atom is 0.322 e. The summed E-state index contributed by atoms with van der Waals surface area (Å²) in [5.74, 6) is -1.39. The van der Waals surface area contributed by atoms with Gasteiger partial charge in [-0.05, 0) is 31.8 Å². The van der Waals surface area contributed by atoms with Gasteiger partial charge in [0.1, 0.15) is 17.6 Å². The lowest BCUT2D eigenvalue weighted by molar-refractivity contribution is -0.142. The fourth-order valence-electron chi connectivity index (χ4n) is 1.98. The number of rotatable bonds is 6. The number of hydrogen-bond acceptors (Lipinski definition) is 6. The van der Waals surface area contributed by atoms with Crippen LogP contribution in [0.3, 0.4) is 0 Å². The number of ketones is 1. The minimum Gasteiger partial charge on any atom is -0.468 e. The lowest BCUT2D eigenvalue weighted by Gasteiger charge is -2.18. The molecule has 0 aromatic heterocycles. The van der Waals surface area contributed by atoms with Gasteiger partial charge in [-0.15, -0.1) is 0 Å². The Morgan fingerprint density at radius 2 is 2.15 bits per heavy atom. The molecule has 0 aliphatic heterocycles. The zero-order valence-electron chi connectivity index (χ0n) is 11.5. The van der Waals surface area contributed by atoms with Gasteiger partial charge in [0.25, 0.3) is 0 Å². The van der Waals surface area contributed by atoms with Gasteiger partial charge in [0.15, 0.2) is 9.84 Å². The van der Waals surface area contributed by atoms with Crippen molar-refractivity contribution in [2.24, 2.45) is 11.7 Å². The van der Waals surface area contributed by atoms with Gasteiger partial charge in [-0.1, -0.05) is 12.2 Å². The van der Waals surface area contributed by atoms with Gasteiger partial charge in [-0.25, -0.2) is 8.42 Å². The minimum atomic E-state index is -3.55. The number of carbonyl (C=O) groups is 2. The first kappa shape index (κ1) is 16.6. The Kier molecular flexibility index (Phi) is 5.64. The summed E-state index contributed by atoms with van der Waals surface area (Å²) >= 11 is 0. The molecule has 1 rings (SSSR count). The first-order valence-corrected chi connectivity index (χ1v) is 7.85. The summed E-state index contributed by atoms with van der Waals surface area (Å²) in [5.41, 5.74) is 5.65. The first-order valence-electron chi connectivity index (χ1n) is 6.20. The summed E-state index contributed by atoms with van der Waals surface area (Å²) in [7, 11) is -2.28. The Hall–Kier alpha value is -1.47. The molecule has 0 saturated heterocycles. The minimum absolute atomic E-state index is 0.0135. The average molecular weight is 301 g/mol. The van der Waals surface area contributed by atoms with Crippen LogP contribution < -0.4 is 5.73 Å². The molecule has 2 atom stereocenters. The van der Waals surface area contributed by atoms with Crippen molar-refractivity contribution in [3.05, 3.63) is 23.1 Å². The van der Waals surface area contributed by atoms with Crippen molar-refractivity contribution < 1.29 is 22.7 Å². The molecule has 2 N–H and O–H groups in total. The molecule has 1 unspecified atom stereocenters. The molecule has 1 aliphatic carbocycles. The van der Waals surface area contributed by atoms with E-state index in [1.807, 2.05) is 0 Å². The highest BCUT2D eigenvalue weighted by atomic mass is 32.2. The standard InChI is InChI=1S/C13H19NO5S/c1-9(15)8-20(17,18)11-5-3-10(4-6-11)7-12(14)13(16)19-2/h3,5-6,10,12H,4,7-8,14H2,1-2H3/t10?,12-/m0/s1. The number of nitrogens with two attached hydrogens (primary N) is 1. The highest BCUT2D eigenvalue weighted by molar-refractivity contribution is 7.96. The molecule has 0 amide bonds. The second kappa shape index (κ2) is 6.81. The molecule has 20 heavy (non-hydrogen) atoms. The van der Waals surface area contributed by atoms with E-state index in [1.54, 1.807) is 12.2 Å². The van der Waals surface area contributed by atoms with E-state index in [0.717, 1.165) is 0 Å². The van der Waals surface area contributed by atoms with E-state index < -0.39 is 33.4 Å². The summed E-state index contributed by atoms with van der Waals surface area (Å²) in [6.45, 7) is 1.24. The Bertz CT molecular complexity index is 547. The Labute approximate surface area is 118 Å². The summed E-state index contributed by atoms with van der Waals surface area (Å²) in [6, 6.07) is -0.724. The van der Waals surface area contributed by atoms with Gasteiger partial charge in [-0.2, -0.15) is 0 Å². The van der Waals surface area contributed by atoms with Gasteiger partial charge in [0, 0.05) is 0 Å². The number of methoxy groups -OCH3 is 1. The van der Waals surface area contributed by atoms with Crippen LogP contribution in [-0.4, -0.2) is 39.1 Å². The predicted octanol–water partition coefficient (Wildman–Crippen LogP) is 0.341. The lowest BCUT2D eigenvalue weighted by Crippen LogP contribution is -2.33. The second-order valence-corrected chi connectivity index (χ2v) is 6.78. The maximum absolute atomic E-state index is 11.8. The van der Waals surface area contributed by atoms with Crippen molar-refractivity contribution in [1.82, 2.24) is 0 Å². The summed E-state index contributed by atoms with van der Waals surface area (Å²) < 4.78 is 28.2. The van der Waals surface area contributed by atoms with Crippen molar-refractivity contribution >= 4 is 21.6 Å². The van der Waals surface area contributed by atoms with Crippen molar-refractivity contribution in [2.45, 2.75) is 25.8 Å². The number of hydrogen-bond donors (Lipinski definition) is 1. The number of esters is 1. The van der Waals surface area contributed by atoms with Crippen LogP contribution in [-0.2, 0) is 24.2 Å². The fourth-order valence-corrected chi connectivity index (χ4v) is 3.31. The van der Waals surface area contributed by atoms with E-state index in [-0.39, 0.29) is 10.8 Å². The molecule has 0 bridgehead atoms. The van der Waals surface area contributed by atoms with Crippen LogP contribution in [0.5, 0.6) is 0 Å². The maximum atomic E-state index is 11.8. The third-order valence-electron chi connectivity index (χ3n) is 2.97. The van der Waals surface area contributed by atoms with E-state index in [2.05, 4.69) is 4.74 Å². The normalized spacial score (nSPS) is 20.1. The van der Waals surface area contributed by atoms with Crippen molar-refractivity contribution in [2.75, 3.05) is 12.9 Å². The highest BCUT2D eigenvalue weighted by Crippen LogP contribution is 2.24. The van der Waals surface area contributed by atoms with Gasteiger partial charge < -0.3 is 10.5 Å². The van der Waals surface area contributed by atoms with Gasteiger partial charge >= 0.3 is 5.97 Å². The third-order valence-corrected chi connectivity index (χ3v) is 4.78. The molecule has 0 spiro atoms.